The molecule has 0 saturated heterocycles. The normalized spacial score (nSPS) is 11.4. The second kappa shape index (κ2) is 9.66. The standard InChI is InChI=1S/C20H23F2N3O2/c1-4-25(5-2)17-10-6-16(7-11-17)19(26)24-23-14(3)15-8-12-18(13-9-15)27-20(21)22/h6-13,20H,4-5H2,1-3H3,(H,24,26)/b23-14+. The third kappa shape index (κ3) is 5.77. The van der Waals surface area contributed by atoms with Crippen molar-refractivity contribution in [2.75, 3.05) is 18.0 Å². The van der Waals surface area contributed by atoms with Crippen molar-refractivity contribution < 1.29 is 18.3 Å². The Labute approximate surface area is 157 Å². The van der Waals surface area contributed by atoms with Crippen LogP contribution in [0.1, 0.15) is 36.7 Å². The van der Waals surface area contributed by atoms with E-state index < -0.39 is 6.61 Å². The van der Waals surface area contributed by atoms with Crippen LogP contribution in [0.3, 0.4) is 0 Å². The molecule has 0 unspecified atom stereocenters. The molecular weight excluding hydrogens is 352 g/mol. The van der Waals surface area contributed by atoms with Crippen molar-refractivity contribution in [1.82, 2.24) is 5.43 Å². The number of ether oxygens (including phenoxy) is 1. The number of hydrazone groups is 1. The molecule has 2 aromatic rings. The van der Waals surface area contributed by atoms with E-state index in [0.29, 0.717) is 16.8 Å². The van der Waals surface area contributed by atoms with E-state index >= 15 is 0 Å². The Hall–Kier alpha value is -2.96. The SMILES string of the molecule is CCN(CC)c1ccc(C(=O)N/N=C(\C)c2ccc(OC(F)F)cc2)cc1. The number of hydrogen-bond acceptors (Lipinski definition) is 4. The van der Waals surface area contributed by atoms with Gasteiger partial charge in [0.1, 0.15) is 5.75 Å². The average Bonchev–Trinajstić information content (AvgIpc) is 2.67. The molecule has 0 heterocycles. The molecule has 0 aliphatic rings. The average molecular weight is 375 g/mol. The van der Waals surface area contributed by atoms with Gasteiger partial charge in [-0.05, 0) is 74.9 Å². The first-order chi connectivity index (χ1) is 12.9. The smallest absolute Gasteiger partial charge is 0.387 e. The van der Waals surface area contributed by atoms with Gasteiger partial charge in [-0.1, -0.05) is 0 Å². The zero-order chi connectivity index (χ0) is 19.8. The maximum atomic E-state index is 12.2. The van der Waals surface area contributed by atoms with E-state index in [1.54, 1.807) is 31.2 Å². The van der Waals surface area contributed by atoms with Gasteiger partial charge in [0, 0.05) is 24.3 Å². The van der Waals surface area contributed by atoms with Crippen molar-refractivity contribution in [2.45, 2.75) is 27.4 Å². The van der Waals surface area contributed by atoms with Crippen molar-refractivity contribution in [1.29, 1.82) is 0 Å². The predicted molar refractivity (Wildman–Crippen MR) is 103 cm³/mol. The number of rotatable bonds is 8. The minimum Gasteiger partial charge on any atom is -0.435 e. The Bertz CT molecular complexity index is 771. The lowest BCUT2D eigenvalue weighted by atomic mass is 10.1. The van der Waals surface area contributed by atoms with E-state index in [2.05, 4.69) is 34.0 Å². The molecule has 0 bridgehead atoms. The highest BCUT2D eigenvalue weighted by molar-refractivity contribution is 6.01. The van der Waals surface area contributed by atoms with Crippen LogP contribution in [0.15, 0.2) is 53.6 Å². The second-order valence-electron chi connectivity index (χ2n) is 5.76. The molecule has 2 aromatic carbocycles. The van der Waals surface area contributed by atoms with Gasteiger partial charge in [-0.15, -0.1) is 0 Å². The molecule has 0 atom stereocenters. The number of amides is 1. The van der Waals surface area contributed by atoms with Crippen molar-refractivity contribution >= 4 is 17.3 Å². The number of alkyl halides is 2. The largest absolute Gasteiger partial charge is 0.435 e. The Balaban J connectivity index is 2.00. The number of halogens is 2. The van der Waals surface area contributed by atoms with Gasteiger partial charge in [0.05, 0.1) is 5.71 Å². The quantitative estimate of drug-likeness (QED) is 0.553. The molecule has 0 spiro atoms. The lowest BCUT2D eigenvalue weighted by molar-refractivity contribution is -0.0498. The number of hydrogen-bond donors (Lipinski definition) is 1. The summed E-state index contributed by atoms with van der Waals surface area (Å²) in [6.45, 7) is 4.80. The Kier molecular flexibility index (Phi) is 7.28. The first kappa shape index (κ1) is 20.4. The van der Waals surface area contributed by atoms with E-state index in [9.17, 15) is 13.6 Å². The summed E-state index contributed by atoms with van der Waals surface area (Å²) in [5.74, 6) is -0.253. The number of nitrogens with zero attached hydrogens (tertiary/aromatic N) is 2. The van der Waals surface area contributed by atoms with Gasteiger partial charge in [-0.25, -0.2) is 5.43 Å². The molecule has 1 amide bonds. The van der Waals surface area contributed by atoms with Gasteiger partial charge in [0.25, 0.3) is 5.91 Å². The molecule has 144 valence electrons. The third-order valence-electron chi connectivity index (χ3n) is 4.08. The van der Waals surface area contributed by atoms with Gasteiger partial charge in [-0.3, -0.25) is 4.79 Å². The molecule has 0 radical (unpaired) electrons. The van der Waals surface area contributed by atoms with E-state index in [4.69, 9.17) is 0 Å². The third-order valence-corrected chi connectivity index (χ3v) is 4.08. The number of carbonyl (C=O) groups excluding carboxylic acids is 1. The van der Waals surface area contributed by atoms with E-state index in [0.717, 1.165) is 18.8 Å². The lowest BCUT2D eigenvalue weighted by Crippen LogP contribution is -2.22. The molecule has 0 aliphatic heterocycles. The van der Waals surface area contributed by atoms with Crippen LogP contribution < -0.4 is 15.1 Å². The minimum absolute atomic E-state index is 0.0684. The van der Waals surface area contributed by atoms with Crippen LogP contribution >= 0.6 is 0 Å². The fraction of sp³-hybridized carbons (Fsp3) is 0.300. The first-order valence-electron chi connectivity index (χ1n) is 8.69. The van der Waals surface area contributed by atoms with Crippen molar-refractivity contribution in [3.63, 3.8) is 0 Å². The molecule has 7 heteroatoms. The summed E-state index contributed by atoms with van der Waals surface area (Å²) in [5, 5.41) is 4.07. The minimum atomic E-state index is -2.86. The summed E-state index contributed by atoms with van der Waals surface area (Å²) in [5.41, 5.74) is 5.30. The Morgan fingerprint density at radius 2 is 1.59 bits per heavy atom. The fourth-order valence-corrected chi connectivity index (χ4v) is 2.55. The number of anilines is 1. The molecule has 27 heavy (non-hydrogen) atoms. The van der Waals surface area contributed by atoms with Crippen LogP contribution in [0, 0.1) is 0 Å². The number of benzene rings is 2. The molecule has 0 aromatic heterocycles. The molecular formula is C20H23F2N3O2. The molecule has 1 N–H and O–H groups in total. The summed E-state index contributed by atoms with van der Waals surface area (Å²) in [6, 6.07) is 13.4. The van der Waals surface area contributed by atoms with Crippen molar-refractivity contribution in [3.05, 3.63) is 59.7 Å². The summed E-state index contributed by atoms with van der Waals surface area (Å²) in [7, 11) is 0. The van der Waals surface area contributed by atoms with Gasteiger partial charge >= 0.3 is 6.61 Å². The maximum Gasteiger partial charge on any atom is 0.387 e. The number of carbonyl (C=O) groups is 1. The zero-order valence-electron chi connectivity index (χ0n) is 15.6. The van der Waals surface area contributed by atoms with Gasteiger partial charge in [-0.2, -0.15) is 13.9 Å². The predicted octanol–water partition coefficient (Wildman–Crippen LogP) is 4.29. The van der Waals surface area contributed by atoms with E-state index in [-0.39, 0.29) is 11.7 Å². The number of nitrogens with one attached hydrogen (secondary N) is 1. The first-order valence-corrected chi connectivity index (χ1v) is 8.69. The summed E-state index contributed by atoms with van der Waals surface area (Å²) in [4.78, 5) is 14.4. The highest BCUT2D eigenvalue weighted by Crippen LogP contribution is 2.16. The van der Waals surface area contributed by atoms with Crippen LogP contribution in [-0.2, 0) is 0 Å². The van der Waals surface area contributed by atoms with Crippen LogP contribution in [0.25, 0.3) is 0 Å². The molecule has 0 saturated carbocycles. The second-order valence-corrected chi connectivity index (χ2v) is 5.76. The topological polar surface area (TPSA) is 53.9 Å². The molecule has 5 nitrogen and oxygen atoms in total. The molecule has 0 aliphatic carbocycles. The highest BCUT2D eigenvalue weighted by Gasteiger charge is 2.08. The highest BCUT2D eigenvalue weighted by atomic mass is 19.3. The monoisotopic (exact) mass is 375 g/mol. The van der Waals surface area contributed by atoms with Crippen LogP contribution in [0.4, 0.5) is 14.5 Å². The molecule has 2 rings (SSSR count). The van der Waals surface area contributed by atoms with Crippen molar-refractivity contribution in [2.24, 2.45) is 5.10 Å². The van der Waals surface area contributed by atoms with E-state index in [1.807, 2.05) is 12.1 Å². The van der Waals surface area contributed by atoms with Crippen LogP contribution in [-0.4, -0.2) is 31.3 Å². The molecule has 0 fully saturated rings. The Morgan fingerprint density at radius 1 is 1.04 bits per heavy atom. The maximum absolute atomic E-state index is 12.2. The van der Waals surface area contributed by atoms with Gasteiger partial charge < -0.3 is 9.64 Å². The van der Waals surface area contributed by atoms with Crippen LogP contribution in [0.2, 0.25) is 0 Å². The fourth-order valence-electron chi connectivity index (χ4n) is 2.55. The van der Waals surface area contributed by atoms with Gasteiger partial charge in [0.15, 0.2) is 0 Å². The lowest BCUT2D eigenvalue weighted by Gasteiger charge is -2.20. The van der Waals surface area contributed by atoms with E-state index in [1.165, 1.54) is 12.1 Å². The summed E-state index contributed by atoms with van der Waals surface area (Å²) < 4.78 is 28.6. The zero-order valence-corrected chi connectivity index (χ0v) is 15.6. The Morgan fingerprint density at radius 3 is 2.11 bits per heavy atom. The van der Waals surface area contributed by atoms with Crippen LogP contribution in [0.5, 0.6) is 5.75 Å². The van der Waals surface area contributed by atoms with Gasteiger partial charge in [0.2, 0.25) is 0 Å². The van der Waals surface area contributed by atoms with Crippen molar-refractivity contribution in [3.8, 4) is 5.75 Å². The summed E-state index contributed by atoms with van der Waals surface area (Å²) >= 11 is 0. The summed E-state index contributed by atoms with van der Waals surface area (Å²) in [6.07, 6.45) is 0.